The van der Waals surface area contributed by atoms with Crippen molar-refractivity contribution in [2.24, 2.45) is 0 Å². The quantitative estimate of drug-likeness (QED) is 0.328. The van der Waals surface area contributed by atoms with Crippen molar-refractivity contribution in [2.45, 2.75) is 11.4 Å². The smallest absolute Gasteiger partial charge is 0.281 e. The first-order valence-electron chi connectivity index (χ1n) is 1.91. The van der Waals surface area contributed by atoms with E-state index in [1.165, 1.54) is 0 Å². The Kier molecular flexibility index (Phi) is 5.41. The van der Waals surface area contributed by atoms with E-state index in [1.807, 2.05) is 0 Å². The fraction of sp³-hybridized carbons (Fsp3) is 1.00. The molecule has 12 heavy (non-hydrogen) atoms. The Hall–Kier alpha value is 1.20. The van der Waals surface area contributed by atoms with Crippen LogP contribution in [0.2, 0.25) is 0 Å². The Labute approximate surface area is 106 Å². The number of halogens is 5. The molecule has 0 heterocycles. The Balaban J connectivity index is 0. The van der Waals surface area contributed by atoms with Crippen molar-refractivity contribution < 1.29 is 86.3 Å². The van der Waals surface area contributed by atoms with E-state index < -0.39 is 21.5 Å². The molecule has 0 aliphatic heterocycles. The van der Waals surface area contributed by atoms with E-state index >= 15 is 0 Å². The molecule has 0 spiro atoms. The Morgan fingerprint density at radius 3 is 1.25 bits per heavy atom. The summed E-state index contributed by atoms with van der Waals surface area (Å²) < 4.78 is 82.2. The van der Waals surface area contributed by atoms with Crippen LogP contribution in [-0.4, -0.2) is 24.4 Å². The molecule has 0 atom stereocenters. The molecule has 0 fully saturated rings. The summed E-state index contributed by atoms with van der Waals surface area (Å²) in [5.41, 5.74) is 0. The number of hydrogen-bond acceptors (Lipinski definition) is 2. The van der Waals surface area contributed by atoms with Crippen molar-refractivity contribution in [1.29, 1.82) is 0 Å². The van der Waals surface area contributed by atoms with Crippen LogP contribution in [0.3, 0.4) is 0 Å². The second-order valence-electron chi connectivity index (χ2n) is 1.49. The van der Waals surface area contributed by atoms with Gasteiger partial charge >= 0.3 is 72.9 Å². The monoisotopic (exact) mass is 239 g/mol. The molecule has 3 nitrogen and oxygen atoms in total. The third kappa shape index (κ3) is 3.16. The molecule has 0 amide bonds. The van der Waals surface area contributed by atoms with Crippen molar-refractivity contribution >= 4 is 10.1 Å². The van der Waals surface area contributed by atoms with Gasteiger partial charge in [-0.1, -0.05) is 0 Å². The molecule has 0 aliphatic rings. The molecule has 0 aromatic carbocycles. The summed E-state index contributed by atoms with van der Waals surface area (Å²) in [7, 11) is -6.42. The van der Waals surface area contributed by atoms with Crippen LogP contribution in [0.4, 0.5) is 22.0 Å². The van der Waals surface area contributed by atoms with Crippen molar-refractivity contribution in [3.63, 3.8) is 0 Å². The van der Waals surface area contributed by atoms with Gasteiger partial charge in [0.25, 0.3) is 0 Å². The standard InChI is InChI=1S/C2HF5O3S.K/c3-1(4,5)2(6,7)11(8,9)10;/h(H,8,9,10);/q;+1. The van der Waals surface area contributed by atoms with Gasteiger partial charge in [-0.15, -0.1) is 0 Å². The minimum absolute atomic E-state index is 0. The topological polar surface area (TPSA) is 54.4 Å². The van der Waals surface area contributed by atoms with Gasteiger partial charge in [0, 0.05) is 0 Å². The van der Waals surface area contributed by atoms with E-state index in [0.717, 1.165) is 0 Å². The van der Waals surface area contributed by atoms with Crippen LogP contribution in [0.5, 0.6) is 0 Å². The van der Waals surface area contributed by atoms with E-state index in [4.69, 9.17) is 4.55 Å². The molecule has 0 saturated carbocycles. The minimum Gasteiger partial charge on any atom is -0.281 e. The molecule has 0 unspecified atom stereocenters. The zero-order valence-electron chi connectivity index (χ0n) is 5.56. The van der Waals surface area contributed by atoms with Crippen LogP contribution in [-0.2, 0) is 10.1 Å². The van der Waals surface area contributed by atoms with Gasteiger partial charge in [0.1, 0.15) is 0 Å². The molecule has 0 bridgehead atoms. The summed E-state index contributed by atoms with van der Waals surface area (Å²) in [6.45, 7) is 0. The van der Waals surface area contributed by atoms with Crippen LogP contribution >= 0.6 is 0 Å². The average molecular weight is 239 g/mol. The molecule has 0 saturated heterocycles. The average Bonchev–Trinajstić information content (AvgIpc) is 1.58. The van der Waals surface area contributed by atoms with Crippen LogP contribution in [0, 0.1) is 0 Å². The zero-order valence-corrected chi connectivity index (χ0v) is 9.50. The first kappa shape index (κ1) is 15.7. The Morgan fingerprint density at radius 1 is 1.00 bits per heavy atom. The second kappa shape index (κ2) is 4.15. The van der Waals surface area contributed by atoms with Crippen molar-refractivity contribution in [3.8, 4) is 0 Å². The summed E-state index contributed by atoms with van der Waals surface area (Å²) in [6.07, 6.45) is -6.29. The van der Waals surface area contributed by atoms with Gasteiger partial charge in [-0.25, -0.2) is 0 Å². The molecule has 0 aromatic rings. The molecule has 68 valence electrons. The largest absolute Gasteiger partial charge is 1.00 e. The van der Waals surface area contributed by atoms with Crippen LogP contribution < -0.4 is 51.4 Å². The van der Waals surface area contributed by atoms with Gasteiger partial charge in [-0.3, -0.25) is 4.55 Å². The third-order valence-corrected chi connectivity index (χ3v) is 1.53. The molecular weight excluding hydrogens is 238 g/mol. The summed E-state index contributed by atoms with van der Waals surface area (Å²) in [5.74, 6) is 0. The van der Waals surface area contributed by atoms with Crippen LogP contribution in [0.1, 0.15) is 0 Å². The summed E-state index contributed by atoms with van der Waals surface area (Å²) in [4.78, 5) is 0. The van der Waals surface area contributed by atoms with Gasteiger partial charge in [0.05, 0.1) is 0 Å². The SMILES string of the molecule is O=S(=O)(O)C(F)(F)C(F)(F)F.[K+]. The van der Waals surface area contributed by atoms with Crippen molar-refractivity contribution in [1.82, 2.24) is 0 Å². The number of hydrogen-bond donors (Lipinski definition) is 1. The number of alkyl halides is 5. The van der Waals surface area contributed by atoms with E-state index in [0.29, 0.717) is 0 Å². The molecule has 1 N–H and O–H groups in total. The molecule has 0 aromatic heterocycles. The molecule has 0 radical (unpaired) electrons. The zero-order chi connectivity index (χ0) is 9.50. The van der Waals surface area contributed by atoms with Crippen LogP contribution in [0.15, 0.2) is 0 Å². The Morgan fingerprint density at radius 2 is 1.25 bits per heavy atom. The summed E-state index contributed by atoms with van der Waals surface area (Å²) >= 11 is 0. The van der Waals surface area contributed by atoms with Crippen molar-refractivity contribution in [2.75, 3.05) is 0 Å². The molecule has 0 rings (SSSR count). The molecular formula is C2HF5KO3S+. The van der Waals surface area contributed by atoms with Gasteiger partial charge in [-0.2, -0.15) is 30.4 Å². The minimum atomic E-state index is -6.42. The predicted octanol–water partition coefficient (Wildman–Crippen LogP) is -1.97. The fourth-order valence-corrected chi connectivity index (χ4v) is 0.439. The van der Waals surface area contributed by atoms with Gasteiger partial charge < -0.3 is 0 Å². The van der Waals surface area contributed by atoms with Gasteiger partial charge in [0.15, 0.2) is 0 Å². The number of rotatable bonds is 1. The van der Waals surface area contributed by atoms with Crippen molar-refractivity contribution in [3.05, 3.63) is 0 Å². The van der Waals surface area contributed by atoms with Gasteiger partial charge in [-0.05, 0) is 0 Å². The summed E-state index contributed by atoms with van der Waals surface area (Å²) in [5, 5.41) is -6.10. The van der Waals surface area contributed by atoms with E-state index in [9.17, 15) is 30.4 Å². The second-order valence-corrected chi connectivity index (χ2v) is 2.95. The van der Waals surface area contributed by atoms with E-state index in [1.54, 1.807) is 0 Å². The molecule has 0 aliphatic carbocycles. The maximum Gasteiger partial charge on any atom is 1.00 e. The fourth-order valence-electron chi connectivity index (χ4n) is 0.146. The van der Waals surface area contributed by atoms with Gasteiger partial charge in [0.2, 0.25) is 0 Å². The van der Waals surface area contributed by atoms with Crippen LogP contribution in [0.25, 0.3) is 0 Å². The maximum absolute atomic E-state index is 11.5. The predicted molar refractivity (Wildman–Crippen MR) is 22.6 cm³/mol. The first-order valence-corrected chi connectivity index (χ1v) is 3.36. The van der Waals surface area contributed by atoms with E-state index in [-0.39, 0.29) is 51.4 Å². The Bertz CT molecular complexity index is 242. The summed E-state index contributed by atoms with van der Waals surface area (Å²) in [6, 6.07) is 0. The normalized spacial score (nSPS) is 13.8. The van der Waals surface area contributed by atoms with E-state index in [2.05, 4.69) is 0 Å². The first-order chi connectivity index (χ1) is 4.50. The molecule has 10 heteroatoms. The maximum atomic E-state index is 11.5. The third-order valence-electron chi connectivity index (χ3n) is 0.654.